The number of β-amino-alcohol motifs (C(OH)–C–C–N with tert-alkyl or cyclic N) is 1. The predicted octanol–water partition coefficient (Wildman–Crippen LogP) is 1.18. The molecule has 0 bridgehead atoms. The van der Waals surface area contributed by atoms with Crippen molar-refractivity contribution in [1.29, 1.82) is 0 Å². The lowest BCUT2D eigenvalue weighted by molar-refractivity contribution is -0.122. The normalized spacial score (nSPS) is 26.8. The van der Waals surface area contributed by atoms with E-state index in [4.69, 9.17) is 0 Å². The Morgan fingerprint density at radius 3 is 2.41 bits per heavy atom. The number of rotatable bonds is 4. The molecular formula is C15H31Cl2N3O2. The molecule has 5 nitrogen and oxygen atoms in total. The van der Waals surface area contributed by atoms with Crippen LogP contribution < -0.4 is 10.6 Å². The molecule has 1 amide bonds. The Hall–Kier alpha value is -0.0700. The summed E-state index contributed by atoms with van der Waals surface area (Å²) in [4.78, 5) is 14.3. The number of nitrogens with one attached hydrogen (secondary N) is 2. The molecule has 2 heterocycles. The number of hydrogen-bond acceptors (Lipinski definition) is 4. The summed E-state index contributed by atoms with van der Waals surface area (Å²) in [5, 5.41) is 16.0. The van der Waals surface area contributed by atoms with Gasteiger partial charge in [0, 0.05) is 19.0 Å². The molecule has 2 fully saturated rings. The number of nitrogens with zero attached hydrogens (tertiary/aromatic N) is 1. The highest BCUT2D eigenvalue weighted by Crippen LogP contribution is 2.12. The van der Waals surface area contributed by atoms with E-state index in [1.54, 1.807) is 0 Å². The Balaban J connectivity index is 0.00000220. The van der Waals surface area contributed by atoms with Gasteiger partial charge in [-0.1, -0.05) is 19.3 Å². The number of aliphatic hydroxyl groups excluding tert-OH is 1. The molecule has 0 saturated carbocycles. The van der Waals surface area contributed by atoms with Gasteiger partial charge in [0.2, 0.25) is 5.91 Å². The first-order valence-corrected chi connectivity index (χ1v) is 8.13. The molecule has 2 aliphatic heterocycles. The van der Waals surface area contributed by atoms with Gasteiger partial charge in [0.25, 0.3) is 0 Å². The predicted molar refractivity (Wildman–Crippen MR) is 94.0 cm³/mol. The number of piperidine rings is 1. The van der Waals surface area contributed by atoms with Crippen molar-refractivity contribution in [2.75, 3.05) is 39.3 Å². The van der Waals surface area contributed by atoms with Crippen molar-refractivity contribution in [2.45, 2.75) is 44.6 Å². The van der Waals surface area contributed by atoms with Gasteiger partial charge in [-0.15, -0.1) is 24.8 Å². The number of carbonyl (C=O) groups excluding carboxylic acids is 1. The van der Waals surface area contributed by atoms with E-state index in [-0.39, 0.29) is 42.7 Å². The first-order valence-electron chi connectivity index (χ1n) is 8.13. The molecule has 0 aromatic heterocycles. The van der Waals surface area contributed by atoms with E-state index in [0.29, 0.717) is 19.6 Å². The van der Waals surface area contributed by atoms with Crippen LogP contribution in [-0.2, 0) is 4.79 Å². The molecule has 2 saturated heterocycles. The van der Waals surface area contributed by atoms with Gasteiger partial charge in [-0.3, -0.25) is 9.69 Å². The van der Waals surface area contributed by atoms with Crippen molar-refractivity contribution >= 4 is 30.7 Å². The zero-order chi connectivity index (χ0) is 14.2. The Kier molecular flexibility index (Phi) is 12.3. The van der Waals surface area contributed by atoms with Crippen molar-refractivity contribution in [3.8, 4) is 0 Å². The Morgan fingerprint density at radius 2 is 1.77 bits per heavy atom. The molecule has 22 heavy (non-hydrogen) atoms. The average Bonchev–Trinajstić information content (AvgIpc) is 2.41. The van der Waals surface area contributed by atoms with Crippen LogP contribution in [-0.4, -0.2) is 61.3 Å². The summed E-state index contributed by atoms with van der Waals surface area (Å²) in [7, 11) is 0. The molecule has 0 aromatic rings. The maximum atomic E-state index is 12.0. The summed E-state index contributed by atoms with van der Waals surface area (Å²) in [5.41, 5.74) is 0. The van der Waals surface area contributed by atoms with Gasteiger partial charge in [0.15, 0.2) is 0 Å². The summed E-state index contributed by atoms with van der Waals surface area (Å²) < 4.78 is 0. The molecule has 0 spiro atoms. The number of hydrogen-bond donors (Lipinski definition) is 3. The Bertz CT molecular complexity index is 301. The topological polar surface area (TPSA) is 64.6 Å². The van der Waals surface area contributed by atoms with Crippen molar-refractivity contribution in [1.82, 2.24) is 15.5 Å². The molecule has 2 atom stereocenters. The quantitative estimate of drug-likeness (QED) is 0.708. The lowest BCUT2D eigenvalue weighted by Gasteiger charge is -2.29. The molecule has 0 unspecified atom stereocenters. The SMILES string of the molecule is Cl.Cl.O=C(CN1CCCCCCC1)NC[C@@H]1CCNC[C@H]1O. The Labute approximate surface area is 146 Å². The molecular weight excluding hydrogens is 325 g/mol. The summed E-state index contributed by atoms with van der Waals surface area (Å²) in [6, 6.07) is 0. The van der Waals surface area contributed by atoms with E-state index < -0.39 is 0 Å². The molecule has 7 heteroatoms. The van der Waals surface area contributed by atoms with E-state index in [0.717, 1.165) is 26.1 Å². The van der Waals surface area contributed by atoms with Gasteiger partial charge in [0.05, 0.1) is 12.6 Å². The second-order valence-electron chi connectivity index (χ2n) is 6.17. The largest absolute Gasteiger partial charge is 0.391 e. The van der Waals surface area contributed by atoms with Gasteiger partial charge >= 0.3 is 0 Å². The maximum absolute atomic E-state index is 12.0. The fraction of sp³-hybridized carbons (Fsp3) is 0.933. The van der Waals surface area contributed by atoms with Crippen LogP contribution in [0.1, 0.15) is 38.5 Å². The average molecular weight is 356 g/mol. The summed E-state index contributed by atoms with van der Waals surface area (Å²) in [5.74, 6) is 0.309. The highest BCUT2D eigenvalue weighted by atomic mass is 35.5. The van der Waals surface area contributed by atoms with Gasteiger partial charge in [-0.25, -0.2) is 0 Å². The number of carbonyl (C=O) groups is 1. The molecule has 2 rings (SSSR count). The molecule has 3 N–H and O–H groups in total. The van der Waals surface area contributed by atoms with Crippen LogP contribution in [0, 0.1) is 5.92 Å². The van der Waals surface area contributed by atoms with Gasteiger partial charge in [-0.05, 0) is 38.9 Å². The second kappa shape index (κ2) is 12.4. The van der Waals surface area contributed by atoms with Gasteiger partial charge < -0.3 is 15.7 Å². The third-order valence-electron chi connectivity index (χ3n) is 4.47. The molecule has 0 radical (unpaired) electrons. The lowest BCUT2D eigenvalue weighted by atomic mass is 9.95. The highest BCUT2D eigenvalue weighted by Gasteiger charge is 2.23. The summed E-state index contributed by atoms with van der Waals surface area (Å²) in [6.07, 6.45) is 6.95. The van der Waals surface area contributed by atoms with Crippen molar-refractivity contribution < 1.29 is 9.90 Å². The van der Waals surface area contributed by atoms with Crippen LogP contribution in [0.25, 0.3) is 0 Å². The Morgan fingerprint density at radius 1 is 1.14 bits per heavy atom. The van der Waals surface area contributed by atoms with Crippen LogP contribution in [0.5, 0.6) is 0 Å². The van der Waals surface area contributed by atoms with Crippen LogP contribution in [0.2, 0.25) is 0 Å². The van der Waals surface area contributed by atoms with E-state index in [1.807, 2.05) is 0 Å². The maximum Gasteiger partial charge on any atom is 0.234 e. The minimum Gasteiger partial charge on any atom is -0.391 e. The van der Waals surface area contributed by atoms with Crippen LogP contribution in [0.3, 0.4) is 0 Å². The van der Waals surface area contributed by atoms with E-state index in [1.165, 1.54) is 32.1 Å². The van der Waals surface area contributed by atoms with Crippen molar-refractivity contribution in [3.63, 3.8) is 0 Å². The first kappa shape index (κ1) is 21.9. The number of likely N-dealkylation sites (tertiary alicyclic amines) is 1. The zero-order valence-corrected chi connectivity index (χ0v) is 14.9. The van der Waals surface area contributed by atoms with E-state index >= 15 is 0 Å². The fourth-order valence-electron chi connectivity index (χ4n) is 3.11. The monoisotopic (exact) mass is 355 g/mol. The molecule has 0 aromatic carbocycles. The smallest absolute Gasteiger partial charge is 0.234 e. The van der Waals surface area contributed by atoms with Crippen LogP contribution >= 0.6 is 24.8 Å². The second-order valence-corrected chi connectivity index (χ2v) is 6.17. The molecule has 132 valence electrons. The van der Waals surface area contributed by atoms with Crippen molar-refractivity contribution in [3.05, 3.63) is 0 Å². The number of amides is 1. The minimum absolute atomic E-state index is 0. The molecule has 2 aliphatic rings. The van der Waals surface area contributed by atoms with Crippen molar-refractivity contribution in [2.24, 2.45) is 5.92 Å². The summed E-state index contributed by atoms with van der Waals surface area (Å²) >= 11 is 0. The minimum atomic E-state index is -0.328. The zero-order valence-electron chi connectivity index (χ0n) is 13.3. The van der Waals surface area contributed by atoms with Gasteiger partial charge in [-0.2, -0.15) is 0 Å². The number of aliphatic hydroxyl groups is 1. The van der Waals surface area contributed by atoms with E-state index in [9.17, 15) is 9.90 Å². The third kappa shape index (κ3) is 7.97. The van der Waals surface area contributed by atoms with E-state index in [2.05, 4.69) is 15.5 Å². The number of halogens is 2. The molecule has 0 aliphatic carbocycles. The van der Waals surface area contributed by atoms with Crippen LogP contribution in [0.4, 0.5) is 0 Å². The highest BCUT2D eigenvalue weighted by molar-refractivity contribution is 5.85. The van der Waals surface area contributed by atoms with Crippen LogP contribution in [0.15, 0.2) is 0 Å². The summed E-state index contributed by atoms with van der Waals surface area (Å²) in [6.45, 7) is 4.79. The third-order valence-corrected chi connectivity index (χ3v) is 4.47. The first-order chi connectivity index (χ1) is 9.75. The van der Waals surface area contributed by atoms with Gasteiger partial charge in [0.1, 0.15) is 0 Å². The lowest BCUT2D eigenvalue weighted by Crippen LogP contribution is -2.47. The standard InChI is InChI=1S/C15H29N3O2.2ClH/c19-14-11-16-7-6-13(14)10-17-15(20)12-18-8-4-2-1-3-5-9-18;;/h13-14,16,19H,1-12H2,(H,17,20);2*1H/t13-,14+;;/m0../s1. The fourth-order valence-corrected chi connectivity index (χ4v) is 3.11.